The molecule has 0 radical (unpaired) electrons. The zero-order chi connectivity index (χ0) is 13.0. The topological polar surface area (TPSA) is 37.8 Å². The summed E-state index contributed by atoms with van der Waals surface area (Å²) in [5, 5.41) is 3.07. The zero-order valence-corrected chi connectivity index (χ0v) is 14.2. The summed E-state index contributed by atoms with van der Waals surface area (Å²) in [5.41, 5.74) is 0. The normalized spacial score (nSPS) is 10.4. The number of nitrogens with one attached hydrogen (secondary N) is 1. The van der Waals surface area contributed by atoms with Crippen molar-refractivity contribution in [2.75, 3.05) is 12.4 Å². The molecule has 18 heavy (non-hydrogen) atoms. The van der Waals surface area contributed by atoms with Gasteiger partial charge >= 0.3 is 0 Å². The minimum atomic E-state index is 0.766. The molecule has 0 atom stereocenters. The Labute approximate surface area is 132 Å². The number of hydrogen-bond donors (Lipinski definition) is 1. The second-order valence-electron chi connectivity index (χ2n) is 3.48. The lowest BCUT2D eigenvalue weighted by molar-refractivity contribution is 1.02. The summed E-state index contributed by atoms with van der Waals surface area (Å²) >= 11 is 7.41. The van der Waals surface area contributed by atoms with Crippen LogP contribution < -0.4 is 5.32 Å². The van der Waals surface area contributed by atoms with Crippen LogP contribution in [-0.2, 0) is 5.75 Å². The van der Waals surface area contributed by atoms with Gasteiger partial charge in [0, 0.05) is 22.6 Å². The first-order valence-electron chi connectivity index (χ1n) is 5.26. The minimum Gasteiger partial charge on any atom is -0.372 e. The lowest BCUT2D eigenvalue weighted by Gasteiger charge is -2.05. The summed E-state index contributed by atoms with van der Waals surface area (Å²) in [6, 6.07) is 8.22. The molecule has 0 aliphatic carbocycles. The van der Waals surface area contributed by atoms with Crippen LogP contribution in [0.4, 0.5) is 5.82 Å². The molecule has 1 aromatic heterocycles. The number of hydrogen-bond acceptors (Lipinski definition) is 4. The first-order valence-corrected chi connectivity index (χ1v) is 8.12. The highest BCUT2D eigenvalue weighted by Gasteiger charge is 2.04. The fourth-order valence-electron chi connectivity index (χ4n) is 1.35. The van der Waals surface area contributed by atoms with Crippen LogP contribution in [0.25, 0.3) is 0 Å². The van der Waals surface area contributed by atoms with Crippen molar-refractivity contribution in [3.63, 3.8) is 0 Å². The minimum absolute atomic E-state index is 0.766. The van der Waals surface area contributed by atoms with E-state index in [9.17, 15) is 0 Å². The van der Waals surface area contributed by atoms with E-state index in [1.165, 1.54) is 4.90 Å². The Bertz CT molecular complexity index is 551. The Balaban J connectivity index is 2.06. The van der Waals surface area contributed by atoms with Gasteiger partial charge in [0.05, 0.1) is 9.32 Å². The Morgan fingerprint density at radius 2 is 2.28 bits per heavy atom. The first-order chi connectivity index (χ1) is 8.69. The molecule has 0 aliphatic rings. The molecule has 0 saturated heterocycles. The standard InChI is InChI=1S/C12H11BrIN3S/c1-15-12-10(14)6-16-11(17-12)7-18-9-4-2-3-8(13)5-9/h2-6H,7H2,1H3,(H,15,16,17). The lowest BCUT2D eigenvalue weighted by atomic mass is 10.4. The fraction of sp³-hybridized carbons (Fsp3) is 0.167. The zero-order valence-electron chi connectivity index (χ0n) is 9.65. The SMILES string of the molecule is CNc1nc(CSc2cccc(Br)c2)ncc1I. The monoisotopic (exact) mass is 435 g/mol. The van der Waals surface area contributed by atoms with E-state index in [0.717, 1.165) is 25.4 Å². The van der Waals surface area contributed by atoms with Gasteiger partial charge in [0.2, 0.25) is 0 Å². The van der Waals surface area contributed by atoms with Crippen molar-refractivity contribution < 1.29 is 0 Å². The maximum atomic E-state index is 4.47. The molecular formula is C12H11BrIN3S. The Morgan fingerprint density at radius 1 is 1.44 bits per heavy atom. The molecule has 0 bridgehead atoms. The second kappa shape index (κ2) is 6.72. The van der Waals surface area contributed by atoms with Gasteiger partial charge in [0.25, 0.3) is 0 Å². The molecule has 1 N–H and O–H groups in total. The predicted molar refractivity (Wildman–Crippen MR) is 88.0 cm³/mol. The van der Waals surface area contributed by atoms with Crippen LogP contribution in [0.5, 0.6) is 0 Å². The maximum Gasteiger partial charge on any atom is 0.142 e. The van der Waals surface area contributed by atoms with Crippen LogP contribution in [0.3, 0.4) is 0 Å². The summed E-state index contributed by atoms with van der Waals surface area (Å²) in [6.45, 7) is 0. The van der Waals surface area contributed by atoms with Gasteiger partial charge in [-0.05, 0) is 40.8 Å². The number of anilines is 1. The van der Waals surface area contributed by atoms with Crippen molar-refractivity contribution in [1.29, 1.82) is 0 Å². The quantitative estimate of drug-likeness (QED) is 0.577. The van der Waals surface area contributed by atoms with Gasteiger partial charge in [0.15, 0.2) is 0 Å². The van der Waals surface area contributed by atoms with Crippen molar-refractivity contribution in [2.24, 2.45) is 0 Å². The number of aromatic nitrogens is 2. The number of halogens is 2. The van der Waals surface area contributed by atoms with Gasteiger partial charge in [-0.3, -0.25) is 0 Å². The van der Waals surface area contributed by atoms with Crippen molar-refractivity contribution >= 4 is 56.1 Å². The Kier molecular flexibility index (Phi) is 5.25. The van der Waals surface area contributed by atoms with Crippen LogP contribution in [0.2, 0.25) is 0 Å². The van der Waals surface area contributed by atoms with E-state index in [2.05, 4.69) is 65.9 Å². The molecule has 3 nitrogen and oxygen atoms in total. The van der Waals surface area contributed by atoms with E-state index in [4.69, 9.17) is 0 Å². The smallest absolute Gasteiger partial charge is 0.142 e. The van der Waals surface area contributed by atoms with Gasteiger partial charge in [-0.15, -0.1) is 11.8 Å². The van der Waals surface area contributed by atoms with E-state index in [-0.39, 0.29) is 0 Å². The van der Waals surface area contributed by atoms with E-state index < -0.39 is 0 Å². The molecule has 0 fully saturated rings. The van der Waals surface area contributed by atoms with E-state index in [0.29, 0.717) is 0 Å². The molecule has 1 aromatic carbocycles. The first kappa shape index (κ1) is 14.1. The molecule has 0 saturated carbocycles. The van der Waals surface area contributed by atoms with Gasteiger partial charge in [0.1, 0.15) is 11.6 Å². The maximum absolute atomic E-state index is 4.47. The lowest BCUT2D eigenvalue weighted by Crippen LogP contribution is -2.01. The molecule has 0 amide bonds. The van der Waals surface area contributed by atoms with Crippen molar-refractivity contribution in [3.05, 3.63) is 44.3 Å². The van der Waals surface area contributed by atoms with Gasteiger partial charge in [-0.1, -0.05) is 22.0 Å². The van der Waals surface area contributed by atoms with E-state index in [1.54, 1.807) is 11.8 Å². The van der Waals surface area contributed by atoms with Crippen LogP contribution in [0.15, 0.2) is 39.8 Å². The van der Waals surface area contributed by atoms with Gasteiger partial charge in [-0.25, -0.2) is 9.97 Å². The molecular weight excluding hydrogens is 425 g/mol. The fourth-order valence-corrected chi connectivity index (χ4v) is 3.25. The number of nitrogens with zero attached hydrogens (tertiary/aromatic N) is 2. The summed E-state index contributed by atoms with van der Waals surface area (Å²) in [5.74, 6) is 2.49. The third-order valence-electron chi connectivity index (χ3n) is 2.19. The molecule has 0 aliphatic heterocycles. The van der Waals surface area contributed by atoms with Crippen LogP contribution in [0.1, 0.15) is 5.82 Å². The van der Waals surface area contributed by atoms with Crippen molar-refractivity contribution in [2.45, 2.75) is 10.6 Å². The summed E-state index contributed by atoms with van der Waals surface area (Å²) in [6.07, 6.45) is 1.84. The van der Waals surface area contributed by atoms with Crippen LogP contribution in [0, 0.1) is 3.57 Å². The average molecular weight is 436 g/mol. The highest BCUT2D eigenvalue weighted by Crippen LogP contribution is 2.25. The number of thioether (sulfide) groups is 1. The average Bonchev–Trinajstić information content (AvgIpc) is 2.38. The van der Waals surface area contributed by atoms with Gasteiger partial charge in [-0.2, -0.15) is 0 Å². The number of rotatable bonds is 4. The molecule has 0 unspecified atom stereocenters. The molecule has 94 valence electrons. The summed E-state index contributed by atoms with van der Waals surface area (Å²) in [4.78, 5) is 10.0. The molecule has 0 spiro atoms. The number of benzene rings is 1. The van der Waals surface area contributed by atoms with Crippen LogP contribution in [-0.4, -0.2) is 17.0 Å². The van der Waals surface area contributed by atoms with Crippen molar-refractivity contribution in [1.82, 2.24) is 9.97 Å². The van der Waals surface area contributed by atoms with Gasteiger partial charge < -0.3 is 5.32 Å². The molecule has 2 aromatic rings. The van der Waals surface area contributed by atoms with E-state index in [1.807, 2.05) is 25.4 Å². The molecule has 6 heteroatoms. The highest BCUT2D eigenvalue weighted by atomic mass is 127. The Morgan fingerprint density at radius 3 is 3.00 bits per heavy atom. The Hall–Kier alpha value is -0.340. The third kappa shape index (κ3) is 3.83. The molecule has 2 rings (SSSR count). The highest BCUT2D eigenvalue weighted by molar-refractivity contribution is 14.1. The second-order valence-corrected chi connectivity index (χ2v) is 6.61. The van der Waals surface area contributed by atoms with Crippen molar-refractivity contribution in [3.8, 4) is 0 Å². The van der Waals surface area contributed by atoms with E-state index >= 15 is 0 Å². The predicted octanol–water partition coefficient (Wildman–Crippen LogP) is 4.18. The third-order valence-corrected chi connectivity index (χ3v) is 4.47. The largest absolute Gasteiger partial charge is 0.372 e. The van der Waals surface area contributed by atoms with Crippen LogP contribution >= 0.6 is 50.3 Å². The summed E-state index contributed by atoms with van der Waals surface area (Å²) in [7, 11) is 1.87. The summed E-state index contributed by atoms with van der Waals surface area (Å²) < 4.78 is 2.12. The molecule has 1 heterocycles.